The van der Waals surface area contributed by atoms with Crippen LogP contribution in [0.1, 0.15) is 53.4 Å². The number of hydrogen-bond acceptors (Lipinski definition) is 4. The van der Waals surface area contributed by atoms with E-state index >= 15 is 0 Å². The number of nitrogens with one attached hydrogen (secondary N) is 2. The minimum absolute atomic E-state index is 0.0393. The third kappa shape index (κ3) is 6.04. The lowest BCUT2D eigenvalue weighted by Crippen LogP contribution is -2.54. The molecular formula is C16H30N2O3. The highest BCUT2D eigenvalue weighted by Gasteiger charge is 2.32. The van der Waals surface area contributed by atoms with Crippen LogP contribution in [-0.2, 0) is 9.53 Å². The van der Waals surface area contributed by atoms with Crippen molar-refractivity contribution in [2.45, 2.75) is 71.1 Å². The molecule has 1 aliphatic rings. The molecule has 0 spiro atoms. The number of carbonyl (C=O) groups is 2. The molecule has 0 bridgehead atoms. The van der Waals surface area contributed by atoms with Gasteiger partial charge in [-0.25, -0.2) is 4.79 Å². The summed E-state index contributed by atoms with van der Waals surface area (Å²) in [5.74, 6) is 1.17. The lowest BCUT2D eigenvalue weighted by atomic mass is 9.77. The number of hydrogen-bond donors (Lipinski definition) is 2. The molecular weight excluding hydrogens is 268 g/mol. The molecule has 0 radical (unpaired) electrons. The second-order valence-electron chi connectivity index (χ2n) is 7.14. The molecule has 21 heavy (non-hydrogen) atoms. The predicted molar refractivity (Wildman–Crippen MR) is 83.2 cm³/mol. The molecule has 2 atom stereocenters. The highest BCUT2D eigenvalue weighted by Crippen LogP contribution is 2.31. The van der Waals surface area contributed by atoms with Gasteiger partial charge in [-0.2, -0.15) is 0 Å². The summed E-state index contributed by atoms with van der Waals surface area (Å²) in [5.41, 5.74) is -0.563. The van der Waals surface area contributed by atoms with Gasteiger partial charge in [-0.3, -0.25) is 0 Å². The van der Waals surface area contributed by atoms with Crippen molar-refractivity contribution >= 4 is 12.4 Å². The molecule has 1 rings (SSSR count). The molecule has 0 aliphatic heterocycles. The average Bonchev–Trinajstić information content (AvgIpc) is 2.38. The average molecular weight is 298 g/mol. The molecule has 1 fully saturated rings. The molecule has 0 aromatic rings. The van der Waals surface area contributed by atoms with Crippen molar-refractivity contribution < 1.29 is 14.3 Å². The highest BCUT2D eigenvalue weighted by molar-refractivity contribution is 5.74. The van der Waals surface area contributed by atoms with Gasteiger partial charge in [0, 0.05) is 6.04 Å². The monoisotopic (exact) mass is 298 g/mol. The van der Waals surface area contributed by atoms with Gasteiger partial charge in [0.1, 0.15) is 17.9 Å². The number of amides is 1. The zero-order valence-electron chi connectivity index (χ0n) is 13.9. The van der Waals surface area contributed by atoms with E-state index in [0.717, 1.165) is 25.0 Å². The van der Waals surface area contributed by atoms with E-state index in [-0.39, 0.29) is 6.04 Å². The zero-order chi connectivity index (χ0) is 16.0. The summed E-state index contributed by atoms with van der Waals surface area (Å²) in [7, 11) is 1.84. The molecule has 2 unspecified atom stereocenters. The largest absolute Gasteiger partial charge is 0.444 e. The van der Waals surface area contributed by atoms with Gasteiger partial charge in [-0.1, -0.05) is 19.8 Å². The number of alkyl carbamates (subject to hydrolysis) is 1. The summed E-state index contributed by atoms with van der Waals surface area (Å²) < 4.78 is 5.23. The van der Waals surface area contributed by atoms with Crippen molar-refractivity contribution in [2.75, 3.05) is 7.05 Å². The SMILES string of the molecule is CNC(C1CCC(C)CC1)C(C=O)NC(=O)OC(C)(C)C. The van der Waals surface area contributed by atoms with Crippen LogP contribution in [0.5, 0.6) is 0 Å². The maximum absolute atomic E-state index is 11.9. The van der Waals surface area contributed by atoms with Crippen molar-refractivity contribution in [3.63, 3.8) is 0 Å². The number of aldehydes is 1. The Bertz CT molecular complexity index is 344. The number of ether oxygens (including phenoxy) is 1. The van der Waals surface area contributed by atoms with Crippen LogP contribution < -0.4 is 10.6 Å². The fourth-order valence-corrected chi connectivity index (χ4v) is 3.01. The smallest absolute Gasteiger partial charge is 0.408 e. The molecule has 1 amide bonds. The Hall–Kier alpha value is -1.10. The first kappa shape index (κ1) is 18.0. The van der Waals surface area contributed by atoms with Crippen LogP contribution >= 0.6 is 0 Å². The van der Waals surface area contributed by atoms with E-state index in [2.05, 4.69) is 17.6 Å². The van der Waals surface area contributed by atoms with E-state index in [9.17, 15) is 9.59 Å². The summed E-state index contributed by atoms with van der Waals surface area (Å²) in [5, 5.41) is 5.90. The van der Waals surface area contributed by atoms with Gasteiger partial charge in [-0.05, 0) is 52.5 Å². The lowest BCUT2D eigenvalue weighted by Gasteiger charge is -2.35. The molecule has 1 aliphatic carbocycles. The van der Waals surface area contributed by atoms with Crippen LogP contribution in [0, 0.1) is 11.8 Å². The van der Waals surface area contributed by atoms with Crippen molar-refractivity contribution in [3.05, 3.63) is 0 Å². The van der Waals surface area contributed by atoms with Crippen molar-refractivity contribution in [3.8, 4) is 0 Å². The molecule has 122 valence electrons. The van der Waals surface area contributed by atoms with Crippen LogP contribution in [-0.4, -0.2) is 37.1 Å². The summed E-state index contributed by atoms with van der Waals surface area (Å²) in [6.45, 7) is 7.68. The normalized spacial score (nSPS) is 25.8. The third-order valence-corrected chi connectivity index (χ3v) is 4.12. The van der Waals surface area contributed by atoms with E-state index < -0.39 is 17.7 Å². The molecule has 0 saturated heterocycles. The summed E-state index contributed by atoms with van der Waals surface area (Å²) >= 11 is 0. The minimum atomic E-state index is -0.563. The van der Waals surface area contributed by atoms with Crippen LogP contribution in [0.2, 0.25) is 0 Å². The van der Waals surface area contributed by atoms with Crippen molar-refractivity contribution in [1.82, 2.24) is 10.6 Å². The van der Waals surface area contributed by atoms with Gasteiger partial charge in [0.2, 0.25) is 0 Å². The summed E-state index contributed by atoms with van der Waals surface area (Å²) in [4.78, 5) is 23.3. The Morgan fingerprint density at radius 3 is 2.24 bits per heavy atom. The topological polar surface area (TPSA) is 67.4 Å². The summed E-state index contributed by atoms with van der Waals surface area (Å²) in [6.07, 6.45) is 4.81. The predicted octanol–water partition coefficient (Wildman–Crippen LogP) is 2.49. The Kier molecular flexibility index (Phi) is 6.65. The Balaban J connectivity index is 2.63. The van der Waals surface area contributed by atoms with E-state index in [1.54, 1.807) is 20.8 Å². The standard InChI is InChI=1S/C16H30N2O3/c1-11-6-8-12(9-7-11)14(17-5)13(10-19)18-15(20)21-16(2,3)4/h10-14,17H,6-9H2,1-5H3,(H,18,20). The maximum atomic E-state index is 11.9. The highest BCUT2D eigenvalue weighted by atomic mass is 16.6. The van der Waals surface area contributed by atoms with E-state index in [4.69, 9.17) is 4.74 Å². The van der Waals surface area contributed by atoms with Gasteiger partial charge in [0.05, 0.1) is 0 Å². The minimum Gasteiger partial charge on any atom is -0.444 e. The molecule has 0 heterocycles. The fourth-order valence-electron chi connectivity index (χ4n) is 3.01. The Morgan fingerprint density at radius 2 is 1.81 bits per heavy atom. The Labute approximate surface area is 128 Å². The van der Waals surface area contributed by atoms with Crippen LogP contribution in [0.15, 0.2) is 0 Å². The first-order valence-corrected chi connectivity index (χ1v) is 7.89. The zero-order valence-corrected chi connectivity index (χ0v) is 13.9. The van der Waals surface area contributed by atoms with Gasteiger partial charge in [-0.15, -0.1) is 0 Å². The number of rotatable bonds is 5. The quantitative estimate of drug-likeness (QED) is 0.765. The first-order chi connectivity index (χ1) is 9.76. The number of carbonyl (C=O) groups excluding carboxylic acids is 2. The molecule has 1 saturated carbocycles. The van der Waals surface area contributed by atoms with Crippen molar-refractivity contribution in [1.29, 1.82) is 0 Å². The second kappa shape index (κ2) is 7.78. The van der Waals surface area contributed by atoms with Gasteiger partial charge >= 0.3 is 6.09 Å². The van der Waals surface area contributed by atoms with E-state index in [1.807, 2.05) is 7.05 Å². The van der Waals surface area contributed by atoms with Crippen LogP contribution in [0.4, 0.5) is 4.79 Å². The van der Waals surface area contributed by atoms with E-state index in [1.165, 1.54) is 12.8 Å². The van der Waals surface area contributed by atoms with Gasteiger partial charge in [0.25, 0.3) is 0 Å². The lowest BCUT2D eigenvalue weighted by molar-refractivity contribution is -0.110. The van der Waals surface area contributed by atoms with Crippen LogP contribution in [0.25, 0.3) is 0 Å². The molecule has 5 nitrogen and oxygen atoms in total. The second-order valence-corrected chi connectivity index (χ2v) is 7.14. The van der Waals surface area contributed by atoms with Gasteiger partial charge in [0.15, 0.2) is 0 Å². The fraction of sp³-hybridized carbons (Fsp3) is 0.875. The van der Waals surface area contributed by atoms with Crippen LogP contribution in [0.3, 0.4) is 0 Å². The number of likely N-dealkylation sites (N-methyl/N-ethyl adjacent to an activating group) is 1. The molecule has 2 N–H and O–H groups in total. The molecule has 5 heteroatoms. The van der Waals surface area contributed by atoms with E-state index in [0.29, 0.717) is 5.92 Å². The molecule has 0 aromatic heterocycles. The van der Waals surface area contributed by atoms with Gasteiger partial charge < -0.3 is 20.2 Å². The summed E-state index contributed by atoms with van der Waals surface area (Å²) in [6, 6.07) is -0.592. The Morgan fingerprint density at radius 1 is 1.24 bits per heavy atom. The first-order valence-electron chi connectivity index (χ1n) is 7.89. The van der Waals surface area contributed by atoms with Crippen molar-refractivity contribution in [2.24, 2.45) is 11.8 Å². The molecule has 0 aromatic carbocycles. The maximum Gasteiger partial charge on any atom is 0.408 e. The third-order valence-electron chi connectivity index (χ3n) is 4.12.